The molecule has 1 atom stereocenters. The van der Waals surface area contributed by atoms with Gasteiger partial charge < -0.3 is 14.8 Å². The van der Waals surface area contributed by atoms with Crippen molar-refractivity contribution in [2.24, 2.45) is 0 Å². The van der Waals surface area contributed by atoms with Gasteiger partial charge in [0.2, 0.25) is 10.0 Å². The van der Waals surface area contributed by atoms with Crippen LogP contribution in [-0.4, -0.2) is 41.7 Å². The summed E-state index contributed by atoms with van der Waals surface area (Å²) in [7, 11) is -1.21. The van der Waals surface area contributed by atoms with Crippen LogP contribution in [0.1, 0.15) is 27.5 Å². The van der Waals surface area contributed by atoms with E-state index in [0.717, 1.165) is 18.5 Å². The molecule has 0 bridgehead atoms. The zero-order chi connectivity index (χ0) is 19.4. The Hall–Kier alpha value is -2.13. The van der Waals surface area contributed by atoms with Gasteiger partial charge in [-0.1, -0.05) is 24.3 Å². The van der Waals surface area contributed by atoms with Crippen molar-refractivity contribution in [3.63, 3.8) is 0 Å². The number of hydrogen-bond acceptors (Lipinski definition) is 6. The topological polar surface area (TPSA) is 93.7 Å². The quantitative estimate of drug-likeness (QED) is 0.687. The molecule has 2 aromatic rings. The number of methoxy groups -OCH3 is 2. The van der Waals surface area contributed by atoms with Crippen LogP contribution >= 0.6 is 12.4 Å². The smallest absolute Gasteiger partial charge is 0.337 e. The van der Waals surface area contributed by atoms with E-state index in [1.54, 1.807) is 0 Å². The number of rotatable bonds is 6. The second kappa shape index (κ2) is 9.38. The van der Waals surface area contributed by atoms with Gasteiger partial charge in [-0.2, -0.15) is 0 Å². The van der Waals surface area contributed by atoms with Gasteiger partial charge in [0.1, 0.15) is 10.6 Å². The number of benzene rings is 2. The first-order valence-electron chi connectivity index (χ1n) is 8.53. The molecule has 28 heavy (non-hydrogen) atoms. The van der Waals surface area contributed by atoms with E-state index in [9.17, 15) is 13.2 Å². The van der Waals surface area contributed by atoms with Gasteiger partial charge in [0, 0.05) is 12.6 Å². The van der Waals surface area contributed by atoms with E-state index in [1.165, 1.54) is 38.0 Å². The zero-order valence-electron chi connectivity index (χ0n) is 15.6. The zero-order valence-corrected chi connectivity index (χ0v) is 17.2. The molecule has 2 N–H and O–H groups in total. The Morgan fingerprint density at radius 2 is 1.96 bits per heavy atom. The number of sulfonamides is 1. The minimum atomic E-state index is -3.82. The van der Waals surface area contributed by atoms with Gasteiger partial charge in [0.25, 0.3) is 0 Å². The molecule has 0 saturated heterocycles. The molecule has 2 aromatic carbocycles. The summed E-state index contributed by atoms with van der Waals surface area (Å²) >= 11 is 0. The van der Waals surface area contributed by atoms with Gasteiger partial charge in [-0.15, -0.1) is 12.4 Å². The first kappa shape index (κ1) is 22.2. The van der Waals surface area contributed by atoms with Crippen molar-refractivity contribution in [3.8, 4) is 5.75 Å². The van der Waals surface area contributed by atoms with E-state index in [0.29, 0.717) is 0 Å². The fourth-order valence-corrected chi connectivity index (χ4v) is 4.38. The van der Waals surface area contributed by atoms with Crippen LogP contribution in [0.25, 0.3) is 0 Å². The van der Waals surface area contributed by atoms with Gasteiger partial charge >= 0.3 is 5.97 Å². The Morgan fingerprint density at radius 1 is 1.21 bits per heavy atom. The van der Waals surface area contributed by atoms with Gasteiger partial charge in [0.05, 0.1) is 19.8 Å². The van der Waals surface area contributed by atoms with E-state index in [1.807, 2.05) is 18.2 Å². The molecule has 0 aliphatic carbocycles. The third kappa shape index (κ3) is 4.64. The fourth-order valence-electron chi connectivity index (χ4n) is 3.18. The van der Waals surface area contributed by atoms with E-state index < -0.39 is 16.0 Å². The molecular formula is C19H23ClN2O5S. The third-order valence-electron chi connectivity index (χ3n) is 4.57. The van der Waals surface area contributed by atoms with Crippen LogP contribution in [0.5, 0.6) is 5.75 Å². The Bertz CT molecular complexity index is 949. The van der Waals surface area contributed by atoms with Crippen molar-refractivity contribution in [1.82, 2.24) is 10.0 Å². The number of esters is 1. The second-order valence-corrected chi connectivity index (χ2v) is 7.90. The number of fused-ring (bicyclic) bond motifs is 1. The molecule has 152 valence electrons. The molecule has 3 rings (SSSR count). The van der Waals surface area contributed by atoms with Gasteiger partial charge in [-0.3, -0.25) is 0 Å². The molecule has 1 unspecified atom stereocenters. The number of carbonyl (C=O) groups is 1. The van der Waals surface area contributed by atoms with Crippen molar-refractivity contribution in [2.45, 2.75) is 17.4 Å². The highest BCUT2D eigenvalue weighted by Crippen LogP contribution is 2.27. The largest absolute Gasteiger partial charge is 0.495 e. The van der Waals surface area contributed by atoms with Crippen molar-refractivity contribution in [1.29, 1.82) is 0 Å². The molecule has 1 aliphatic rings. The summed E-state index contributed by atoms with van der Waals surface area (Å²) in [6.45, 7) is 1.00. The van der Waals surface area contributed by atoms with E-state index in [-0.39, 0.29) is 41.2 Å². The second-order valence-electron chi connectivity index (χ2n) is 6.16. The summed E-state index contributed by atoms with van der Waals surface area (Å²) in [6.07, 6.45) is 0.919. The number of hydrogen-bond donors (Lipinski definition) is 2. The SMILES string of the molecule is COC(=O)c1ccc(S(=O)(=O)NCC2NCCc3ccccc32)c(OC)c1.Cl. The van der Waals surface area contributed by atoms with Crippen LogP contribution in [0.3, 0.4) is 0 Å². The normalized spacial score (nSPS) is 15.9. The number of halogens is 1. The van der Waals surface area contributed by atoms with Crippen LogP contribution in [0, 0.1) is 0 Å². The standard InChI is InChI=1S/C19H22N2O5S.ClH/c1-25-17-11-14(19(22)26-2)7-8-18(17)27(23,24)21-12-16-15-6-4-3-5-13(15)9-10-20-16;/h3-8,11,16,20-21H,9-10,12H2,1-2H3;1H. The highest BCUT2D eigenvalue weighted by atomic mass is 35.5. The Morgan fingerprint density at radius 3 is 2.68 bits per heavy atom. The molecule has 0 saturated carbocycles. The van der Waals surface area contributed by atoms with E-state index >= 15 is 0 Å². The molecule has 1 aliphatic heterocycles. The molecule has 9 heteroatoms. The van der Waals surface area contributed by atoms with Crippen molar-refractivity contribution >= 4 is 28.4 Å². The minimum absolute atomic E-state index is 0. The summed E-state index contributed by atoms with van der Waals surface area (Å²) < 4.78 is 38.0. The summed E-state index contributed by atoms with van der Waals surface area (Å²) in [5.74, 6) is -0.476. The lowest BCUT2D eigenvalue weighted by Gasteiger charge is -2.27. The molecule has 0 aromatic heterocycles. The molecule has 0 fully saturated rings. The van der Waals surface area contributed by atoms with Gasteiger partial charge in [-0.25, -0.2) is 17.9 Å². The maximum Gasteiger partial charge on any atom is 0.337 e. The summed E-state index contributed by atoms with van der Waals surface area (Å²) in [6, 6.07) is 12.0. The predicted octanol–water partition coefficient (Wildman–Crippen LogP) is 2.07. The van der Waals surface area contributed by atoms with Crippen LogP contribution in [-0.2, 0) is 21.2 Å². The van der Waals surface area contributed by atoms with Crippen molar-refractivity contribution < 1.29 is 22.7 Å². The molecular weight excluding hydrogens is 404 g/mol. The summed E-state index contributed by atoms with van der Waals surface area (Å²) in [5, 5.41) is 3.34. The summed E-state index contributed by atoms with van der Waals surface area (Å²) in [4.78, 5) is 11.6. The Kier molecular flexibility index (Phi) is 7.42. The first-order chi connectivity index (χ1) is 13.0. The van der Waals surface area contributed by atoms with Gasteiger partial charge in [0.15, 0.2) is 0 Å². The molecule has 1 heterocycles. The number of ether oxygens (including phenoxy) is 2. The Labute approximate surface area is 170 Å². The lowest BCUT2D eigenvalue weighted by atomic mass is 9.95. The highest BCUT2D eigenvalue weighted by Gasteiger charge is 2.25. The lowest BCUT2D eigenvalue weighted by Crippen LogP contribution is -2.38. The minimum Gasteiger partial charge on any atom is -0.495 e. The van der Waals surface area contributed by atoms with Crippen molar-refractivity contribution in [3.05, 3.63) is 59.2 Å². The molecule has 7 nitrogen and oxygen atoms in total. The highest BCUT2D eigenvalue weighted by molar-refractivity contribution is 7.89. The number of carbonyl (C=O) groups excluding carboxylic acids is 1. The lowest BCUT2D eigenvalue weighted by molar-refractivity contribution is 0.0600. The van der Waals surface area contributed by atoms with Gasteiger partial charge in [-0.05, 0) is 42.3 Å². The van der Waals surface area contributed by atoms with Crippen LogP contribution in [0.15, 0.2) is 47.4 Å². The van der Waals surface area contributed by atoms with Crippen LogP contribution in [0.2, 0.25) is 0 Å². The predicted molar refractivity (Wildman–Crippen MR) is 108 cm³/mol. The van der Waals surface area contributed by atoms with E-state index in [4.69, 9.17) is 4.74 Å². The average molecular weight is 427 g/mol. The van der Waals surface area contributed by atoms with Crippen molar-refractivity contribution in [2.75, 3.05) is 27.3 Å². The molecule has 0 radical (unpaired) electrons. The number of nitrogens with one attached hydrogen (secondary N) is 2. The maximum absolute atomic E-state index is 12.8. The molecule has 0 amide bonds. The molecule has 0 spiro atoms. The first-order valence-corrected chi connectivity index (χ1v) is 10.0. The van der Waals surface area contributed by atoms with Crippen LogP contribution < -0.4 is 14.8 Å². The fraction of sp³-hybridized carbons (Fsp3) is 0.316. The van der Waals surface area contributed by atoms with E-state index in [2.05, 4.69) is 20.8 Å². The maximum atomic E-state index is 12.8. The Balaban J connectivity index is 0.00000280. The third-order valence-corrected chi connectivity index (χ3v) is 6.03. The van der Waals surface area contributed by atoms with Crippen LogP contribution in [0.4, 0.5) is 0 Å². The monoisotopic (exact) mass is 426 g/mol. The average Bonchev–Trinajstić information content (AvgIpc) is 2.71. The summed E-state index contributed by atoms with van der Waals surface area (Å²) in [5.41, 5.74) is 2.54.